The van der Waals surface area contributed by atoms with E-state index in [9.17, 15) is 5.11 Å². The lowest BCUT2D eigenvalue weighted by molar-refractivity contribution is 0.148. The smallest absolute Gasteiger partial charge is 0.181 e. The topological polar surface area (TPSA) is 81.5 Å². The van der Waals surface area contributed by atoms with Crippen molar-refractivity contribution < 1.29 is 18.8 Å². The minimum atomic E-state index is -0.666. The molecule has 0 amide bonds. The SMILES string of the molecule is CCC(O)c1cc2nccc(-c3cc(Cl)cc4c3O[C@@H](c3onc5c3CCCC5)C4)c2o1. The zero-order chi connectivity index (χ0) is 21.8. The Balaban J connectivity index is 1.44. The Hall–Kier alpha value is -2.83. The van der Waals surface area contributed by atoms with Gasteiger partial charge >= 0.3 is 0 Å². The third kappa shape index (κ3) is 3.12. The molecule has 4 heterocycles. The second-order valence-corrected chi connectivity index (χ2v) is 9.01. The van der Waals surface area contributed by atoms with Crippen molar-refractivity contribution >= 4 is 22.7 Å². The maximum absolute atomic E-state index is 10.2. The van der Waals surface area contributed by atoms with Crippen LogP contribution in [0.4, 0.5) is 0 Å². The number of pyridine rings is 1. The average Bonchev–Trinajstić information content (AvgIpc) is 3.53. The normalized spacial score (nSPS) is 18.4. The summed E-state index contributed by atoms with van der Waals surface area (Å²) in [5.74, 6) is 2.12. The van der Waals surface area contributed by atoms with Crippen LogP contribution in [0.15, 0.2) is 39.4 Å². The quantitative estimate of drug-likeness (QED) is 0.402. The van der Waals surface area contributed by atoms with E-state index in [1.807, 2.05) is 25.1 Å². The van der Waals surface area contributed by atoms with E-state index in [1.165, 1.54) is 5.56 Å². The van der Waals surface area contributed by atoms with Crippen molar-refractivity contribution in [2.24, 2.45) is 0 Å². The average molecular weight is 451 g/mol. The first-order valence-electron chi connectivity index (χ1n) is 11.2. The molecule has 1 aliphatic heterocycles. The number of aliphatic hydroxyl groups excluding tert-OH is 1. The van der Waals surface area contributed by atoms with Crippen molar-refractivity contribution in [3.63, 3.8) is 0 Å². The molecule has 0 spiro atoms. The van der Waals surface area contributed by atoms with Gasteiger partial charge in [0.1, 0.15) is 23.1 Å². The van der Waals surface area contributed by atoms with E-state index >= 15 is 0 Å². The van der Waals surface area contributed by atoms with E-state index in [0.29, 0.717) is 34.7 Å². The van der Waals surface area contributed by atoms with Crippen molar-refractivity contribution in [3.05, 3.63) is 63.8 Å². The highest BCUT2D eigenvalue weighted by Crippen LogP contribution is 2.47. The van der Waals surface area contributed by atoms with Gasteiger partial charge in [0.25, 0.3) is 0 Å². The molecule has 0 radical (unpaired) electrons. The number of ether oxygens (including phenoxy) is 1. The Morgan fingerprint density at radius 2 is 2.06 bits per heavy atom. The number of aromatic nitrogens is 2. The van der Waals surface area contributed by atoms with E-state index in [0.717, 1.165) is 59.6 Å². The Morgan fingerprint density at radius 3 is 2.94 bits per heavy atom. The second kappa shape index (κ2) is 7.64. The summed E-state index contributed by atoms with van der Waals surface area (Å²) in [4.78, 5) is 4.42. The third-order valence-electron chi connectivity index (χ3n) is 6.52. The van der Waals surface area contributed by atoms with Crippen molar-refractivity contribution in [3.8, 4) is 16.9 Å². The van der Waals surface area contributed by atoms with Crippen molar-refractivity contribution in [1.29, 1.82) is 0 Å². The number of halogens is 1. The van der Waals surface area contributed by atoms with Gasteiger partial charge in [-0.1, -0.05) is 23.7 Å². The van der Waals surface area contributed by atoms with E-state index in [-0.39, 0.29) is 6.10 Å². The van der Waals surface area contributed by atoms with Crippen LogP contribution in [-0.4, -0.2) is 15.2 Å². The Kier molecular flexibility index (Phi) is 4.73. The molecule has 6 rings (SSSR count). The molecule has 0 saturated heterocycles. The standard InChI is InChI=1S/C25H23ClN2O4/c1-2-20(29)21-12-19-24(30-21)15(7-8-27-19)17-11-14(26)9-13-10-22(31-23(13)17)25-16-5-3-4-6-18(16)28-32-25/h7-9,11-12,20,22,29H,2-6,10H2,1H3/t20?,22-/m1/s1. The third-order valence-corrected chi connectivity index (χ3v) is 6.73. The number of fused-ring (bicyclic) bond motifs is 3. The number of rotatable bonds is 4. The first-order valence-corrected chi connectivity index (χ1v) is 11.5. The van der Waals surface area contributed by atoms with Gasteiger partial charge in [0.2, 0.25) is 0 Å². The molecule has 3 aromatic heterocycles. The lowest BCUT2D eigenvalue weighted by Crippen LogP contribution is -2.08. The van der Waals surface area contributed by atoms with Gasteiger partial charge in [-0.15, -0.1) is 0 Å². The lowest BCUT2D eigenvalue weighted by atomic mass is 9.93. The predicted molar refractivity (Wildman–Crippen MR) is 120 cm³/mol. The van der Waals surface area contributed by atoms with Crippen LogP contribution < -0.4 is 4.74 Å². The Morgan fingerprint density at radius 1 is 1.19 bits per heavy atom. The molecule has 0 saturated carbocycles. The molecule has 1 aromatic carbocycles. The fraction of sp³-hybridized carbons (Fsp3) is 0.360. The van der Waals surface area contributed by atoms with E-state index < -0.39 is 6.10 Å². The van der Waals surface area contributed by atoms with E-state index in [2.05, 4.69) is 10.1 Å². The van der Waals surface area contributed by atoms with Gasteiger partial charge < -0.3 is 18.8 Å². The first-order chi connectivity index (χ1) is 15.6. The maximum atomic E-state index is 10.2. The Bertz CT molecular complexity index is 1330. The van der Waals surface area contributed by atoms with Crippen LogP contribution >= 0.6 is 11.6 Å². The van der Waals surface area contributed by atoms with Gasteiger partial charge in [0.15, 0.2) is 17.4 Å². The zero-order valence-electron chi connectivity index (χ0n) is 17.7. The monoisotopic (exact) mass is 450 g/mol. The minimum absolute atomic E-state index is 0.219. The van der Waals surface area contributed by atoms with Crippen molar-refractivity contribution in [2.75, 3.05) is 0 Å². The van der Waals surface area contributed by atoms with Crippen LogP contribution in [0.3, 0.4) is 0 Å². The number of hydrogen-bond acceptors (Lipinski definition) is 6. The van der Waals surface area contributed by atoms with Crippen LogP contribution in [0.5, 0.6) is 5.75 Å². The van der Waals surface area contributed by atoms with Crippen molar-refractivity contribution in [2.45, 2.75) is 57.7 Å². The summed E-state index contributed by atoms with van der Waals surface area (Å²) in [5, 5.41) is 15.2. The molecule has 6 nitrogen and oxygen atoms in total. The Labute approximate surface area is 190 Å². The molecular weight excluding hydrogens is 428 g/mol. The number of nitrogens with zero attached hydrogens (tertiary/aromatic N) is 2. The lowest BCUT2D eigenvalue weighted by Gasteiger charge is -2.14. The van der Waals surface area contributed by atoms with Gasteiger partial charge in [0, 0.05) is 46.0 Å². The maximum Gasteiger partial charge on any atom is 0.181 e. The molecule has 2 atom stereocenters. The molecule has 1 N–H and O–H groups in total. The summed E-state index contributed by atoms with van der Waals surface area (Å²) in [7, 11) is 0. The van der Waals surface area contributed by atoms with Gasteiger partial charge in [-0.25, -0.2) is 0 Å². The molecule has 164 valence electrons. The fourth-order valence-electron chi connectivity index (χ4n) is 4.87. The highest BCUT2D eigenvalue weighted by molar-refractivity contribution is 6.31. The summed E-state index contributed by atoms with van der Waals surface area (Å²) >= 11 is 6.52. The van der Waals surface area contributed by atoms with Gasteiger partial charge in [-0.3, -0.25) is 4.98 Å². The van der Waals surface area contributed by atoms with E-state index in [4.69, 9.17) is 25.3 Å². The predicted octanol–water partition coefficient (Wildman–Crippen LogP) is 6.13. The minimum Gasteiger partial charge on any atom is -0.481 e. The van der Waals surface area contributed by atoms with Crippen LogP contribution in [0.2, 0.25) is 5.02 Å². The molecule has 7 heteroatoms. The summed E-state index contributed by atoms with van der Waals surface area (Å²) in [6.45, 7) is 1.91. The number of benzene rings is 1. The van der Waals surface area contributed by atoms with Crippen LogP contribution in [0.25, 0.3) is 22.2 Å². The number of furan rings is 1. The summed E-state index contributed by atoms with van der Waals surface area (Å²) < 4.78 is 18.3. The molecule has 2 aliphatic rings. The van der Waals surface area contributed by atoms with Crippen LogP contribution in [0.1, 0.15) is 66.7 Å². The summed E-state index contributed by atoms with van der Waals surface area (Å²) in [6.07, 6.45) is 6.35. The van der Waals surface area contributed by atoms with Gasteiger partial charge in [-0.05, 0) is 50.3 Å². The zero-order valence-corrected chi connectivity index (χ0v) is 18.5. The van der Waals surface area contributed by atoms with Crippen LogP contribution in [-0.2, 0) is 19.3 Å². The second-order valence-electron chi connectivity index (χ2n) is 8.58. The molecule has 0 bridgehead atoms. The van der Waals surface area contributed by atoms with E-state index in [1.54, 1.807) is 12.3 Å². The van der Waals surface area contributed by atoms with Gasteiger partial charge in [-0.2, -0.15) is 0 Å². The van der Waals surface area contributed by atoms with Crippen LogP contribution in [0, 0.1) is 0 Å². The molecule has 4 aromatic rings. The highest BCUT2D eigenvalue weighted by Gasteiger charge is 2.34. The fourth-order valence-corrected chi connectivity index (χ4v) is 5.11. The molecule has 32 heavy (non-hydrogen) atoms. The van der Waals surface area contributed by atoms with Crippen molar-refractivity contribution in [1.82, 2.24) is 10.1 Å². The first kappa shape index (κ1) is 19.8. The number of hydrogen-bond donors (Lipinski definition) is 1. The highest BCUT2D eigenvalue weighted by atomic mass is 35.5. The van der Waals surface area contributed by atoms with Gasteiger partial charge in [0.05, 0.1) is 5.69 Å². The summed E-state index contributed by atoms with van der Waals surface area (Å²) in [6, 6.07) is 7.54. The molecule has 1 aliphatic carbocycles. The number of aliphatic hydroxyl groups is 1. The molecule has 1 unspecified atom stereocenters. The number of aryl methyl sites for hydroxylation is 1. The molecule has 0 fully saturated rings. The molecular formula is C25H23ClN2O4. The summed E-state index contributed by atoms with van der Waals surface area (Å²) in [5.41, 5.74) is 6.30. The largest absolute Gasteiger partial charge is 0.481 e.